The number of anilines is 1. The summed E-state index contributed by atoms with van der Waals surface area (Å²) in [5, 5.41) is 4.42. The molecule has 2 heteroatoms. The molecule has 0 heterocycles. The number of benzene rings is 2. The van der Waals surface area contributed by atoms with Crippen molar-refractivity contribution in [1.29, 1.82) is 0 Å². The number of rotatable bonds is 7. The summed E-state index contributed by atoms with van der Waals surface area (Å²) in [6, 6.07) is 17.1. The lowest BCUT2D eigenvalue weighted by atomic mass is 10.00. The van der Waals surface area contributed by atoms with E-state index >= 15 is 0 Å². The van der Waals surface area contributed by atoms with Gasteiger partial charge in [-0.15, -0.1) is 0 Å². The molecule has 0 aliphatic carbocycles. The van der Waals surface area contributed by atoms with E-state index in [2.05, 4.69) is 55.6 Å². The number of nitrogens with one attached hydrogen (secondary N) is 1. The Bertz CT molecular complexity index is 551. The lowest BCUT2D eigenvalue weighted by Gasteiger charge is -2.21. The first-order valence-corrected chi connectivity index (χ1v) is 8.16. The van der Waals surface area contributed by atoms with Crippen LogP contribution in [0.2, 0.25) is 5.02 Å². The lowest BCUT2D eigenvalue weighted by Crippen LogP contribution is -2.11. The molecule has 0 spiro atoms. The standard InChI is InChI=1S/C19H24ClN/c1-3-4-6-11-18(16-9-7-5-8-10-16)21-19-14-15(2)12-13-17(19)20/h5,7-10,12-14,18,21H,3-4,6,11H2,1-2H3. The van der Waals surface area contributed by atoms with Crippen molar-refractivity contribution in [2.75, 3.05) is 5.32 Å². The molecule has 0 amide bonds. The van der Waals surface area contributed by atoms with Gasteiger partial charge in [-0.2, -0.15) is 0 Å². The van der Waals surface area contributed by atoms with E-state index < -0.39 is 0 Å². The second-order valence-electron chi connectivity index (χ2n) is 5.59. The van der Waals surface area contributed by atoms with Crippen molar-refractivity contribution in [2.24, 2.45) is 0 Å². The highest BCUT2D eigenvalue weighted by Gasteiger charge is 2.12. The largest absolute Gasteiger partial charge is 0.377 e. The SMILES string of the molecule is CCCCCC(Nc1cc(C)ccc1Cl)c1ccccc1. The minimum Gasteiger partial charge on any atom is -0.377 e. The number of hydrogen-bond donors (Lipinski definition) is 1. The minimum absolute atomic E-state index is 0.317. The van der Waals surface area contributed by atoms with Crippen LogP contribution in [0.1, 0.15) is 49.8 Å². The van der Waals surface area contributed by atoms with Gasteiger partial charge in [0.25, 0.3) is 0 Å². The Labute approximate surface area is 133 Å². The van der Waals surface area contributed by atoms with Crippen molar-refractivity contribution in [3.8, 4) is 0 Å². The number of unbranched alkanes of at least 4 members (excludes halogenated alkanes) is 2. The summed E-state index contributed by atoms with van der Waals surface area (Å²) in [7, 11) is 0. The molecule has 2 aromatic rings. The molecule has 1 unspecified atom stereocenters. The fourth-order valence-electron chi connectivity index (χ4n) is 2.54. The van der Waals surface area contributed by atoms with Gasteiger partial charge in [0.15, 0.2) is 0 Å². The van der Waals surface area contributed by atoms with E-state index in [1.807, 2.05) is 12.1 Å². The van der Waals surface area contributed by atoms with Gasteiger partial charge in [0.05, 0.1) is 16.8 Å². The molecule has 1 atom stereocenters. The summed E-state index contributed by atoms with van der Waals surface area (Å²) in [4.78, 5) is 0. The summed E-state index contributed by atoms with van der Waals surface area (Å²) in [5.74, 6) is 0. The van der Waals surface area contributed by atoms with Crippen LogP contribution in [-0.4, -0.2) is 0 Å². The van der Waals surface area contributed by atoms with Crippen molar-refractivity contribution in [2.45, 2.75) is 45.6 Å². The lowest BCUT2D eigenvalue weighted by molar-refractivity contribution is 0.606. The van der Waals surface area contributed by atoms with Crippen molar-refractivity contribution >= 4 is 17.3 Å². The molecule has 0 aliphatic heterocycles. The summed E-state index contributed by atoms with van der Waals surface area (Å²) < 4.78 is 0. The molecule has 0 aromatic heterocycles. The van der Waals surface area contributed by atoms with E-state index in [0.29, 0.717) is 6.04 Å². The van der Waals surface area contributed by atoms with E-state index in [1.165, 1.54) is 30.4 Å². The molecule has 2 aromatic carbocycles. The Morgan fingerprint density at radius 1 is 1.05 bits per heavy atom. The number of aryl methyl sites for hydroxylation is 1. The average molecular weight is 302 g/mol. The van der Waals surface area contributed by atoms with Crippen LogP contribution < -0.4 is 5.32 Å². The Morgan fingerprint density at radius 3 is 2.52 bits per heavy atom. The molecule has 0 radical (unpaired) electrons. The van der Waals surface area contributed by atoms with E-state index in [-0.39, 0.29) is 0 Å². The monoisotopic (exact) mass is 301 g/mol. The van der Waals surface area contributed by atoms with E-state index in [0.717, 1.165) is 17.1 Å². The van der Waals surface area contributed by atoms with Crippen LogP contribution in [0.4, 0.5) is 5.69 Å². The van der Waals surface area contributed by atoms with Crippen LogP contribution in [0.15, 0.2) is 48.5 Å². The molecule has 0 saturated heterocycles. The van der Waals surface area contributed by atoms with Crippen LogP contribution in [0.5, 0.6) is 0 Å². The van der Waals surface area contributed by atoms with Gasteiger partial charge in [0.2, 0.25) is 0 Å². The summed E-state index contributed by atoms with van der Waals surface area (Å²) >= 11 is 6.33. The van der Waals surface area contributed by atoms with Gasteiger partial charge in [-0.05, 0) is 36.6 Å². The molecule has 1 N–H and O–H groups in total. The zero-order valence-corrected chi connectivity index (χ0v) is 13.7. The first-order chi connectivity index (χ1) is 10.2. The predicted molar refractivity (Wildman–Crippen MR) is 93.1 cm³/mol. The highest BCUT2D eigenvalue weighted by molar-refractivity contribution is 6.33. The molecule has 21 heavy (non-hydrogen) atoms. The average Bonchev–Trinajstić information content (AvgIpc) is 2.51. The number of hydrogen-bond acceptors (Lipinski definition) is 1. The molecule has 0 aliphatic rings. The summed E-state index contributed by atoms with van der Waals surface area (Å²) in [6.45, 7) is 4.33. The van der Waals surface area contributed by atoms with E-state index in [4.69, 9.17) is 11.6 Å². The van der Waals surface area contributed by atoms with E-state index in [1.54, 1.807) is 0 Å². The van der Waals surface area contributed by atoms with Gasteiger partial charge in [-0.25, -0.2) is 0 Å². The molecule has 112 valence electrons. The minimum atomic E-state index is 0.317. The van der Waals surface area contributed by atoms with Crippen molar-refractivity contribution in [3.63, 3.8) is 0 Å². The van der Waals surface area contributed by atoms with Gasteiger partial charge in [-0.1, -0.05) is 74.2 Å². The molecule has 0 bridgehead atoms. The third kappa shape index (κ3) is 4.78. The maximum Gasteiger partial charge on any atom is 0.0637 e. The molecule has 0 saturated carbocycles. The highest BCUT2D eigenvalue weighted by Crippen LogP contribution is 2.30. The quantitative estimate of drug-likeness (QED) is 0.585. The van der Waals surface area contributed by atoms with Crippen LogP contribution in [0.25, 0.3) is 0 Å². The summed E-state index contributed by atoms with van der Waals surface area (Å²) in [5.41, 5.74) is 3.58. The fraction of sp³-hybridized carbons (Fsp3) is 0.368. The first-order valence-electron chi connectivity index (χ1n) is 7.78. The van der Waals surface area contributed by atoms with Gasteiger partial charge >= 0.3 is 0 Å². The van der Waals surface area contributed by atoms with Crippen LogP contribution in [0.3, 0.4) is 0 Å². The van der Waals surface area contributed by atoms with Crippen molar-refractivity contribution < 1.29 is 0 Å². The van der Waals surface area contributed by atoms with Crippen molar-refractivity contribution in [3.05, 3.63) is 64.7 Å². The van der Waals surface area contributed by atoms with E-state index in [9.17, 15) is 0 Å². The van der Waals surface area contributed by atoms with Crippen LogP contribution in [-0.2, 0) is 0 Å². The zero-order valence-electron chi connectivity index (χ0n) is 12.9. The molecule has 2 rings (SSSR count). The maximum atomic E-state index is 6.33. The van der Waals surface area contributed by atoms with Gasteiger partial charge in [0, 0.05) is 0 Å². The van der Waals surface area contributed by atoms with Gasteiger partial charge in [-0.3, -0.25) is 0 Å². The Morgan fingerprint density at radius 2 is 1.81 bits per heavy atom. The normalized spacial score (nSPS) is 12.1. The van der Waals surface area contributed by atoms with Gasteiger partial charge in [0.1, 0.15) is 0 Å². The molecule has 0 fully saturated rings. The Hall–Kier alpha value is -1.47. The number of halogens is 1. The Kier molecular flexibility index (Phi) is 6.13. The van der Waals surface area contributed by atoms with Crippen LogP contribution >= 0.6 is 11.6 Å². The second-order valence-corrected chi connectivity index (χ2v) is 5.99. The Balaban J connectivity index is 2.17. The van der Waals surface area contributed by atoms with Crippen LogP contribution in [0, 0.1) is 6.92 Å². The topological polar surface area (TPSA) is 12.0 Å². The molecular formula is C19H24ClN. The predicted octanol–water partition coefficient (Wildman–Crippen LogP) is 6.38. The maximum absolute atomic E-state index is 6.33. The second kappa shape index (κ2) is 8.09. The highest BCUT2D eigenvalue weighted by atomic mass is 35.5. The summed E-state index contributed by atoms with van der Waals surface area (Å²) in [6.07, 6.45) is 4.87. The fourth-order valence-corrected chi connectivity index (χ4v) is 2.72. The zero-order chi connectivity index (χ0) is 15.1. The smallest absolute Gasteiger partial charge is 0.0637 e. The molecule has 1 nitrogen and oxygen atoms in total. The van der Waals surface area contributed by atoms with Gasteiger partial charge < -0.3 is 5.32 Å². The third-order valence-corrected chi connectivity index (χ3v) is 4.08. The third-order valence-electron chi connectivity index (χ3n) is 3.75. The molecular weight excluding hydrogens is 278 g/mol. The van der Waals surface area contributed by atoms with Crippen molar-refractivity contribution in [1.82, 2.24) is 0 Å². The first kappa shape index (κ1) is 15.9.